The average molecular weight is 263 g/mol. The van der Waals surface area contributed by atoms with Crippen LogP contribution in [0, 0.1) is 13.8 Å². The molecule has 19 heavy (non-hydrogen) atoms. The van der Waals surface area contributed by atoms with Crippen LogP contribution in [0.1, 0.15) is 49.9 Å². The molecule has 0 fully saturated rings. The molecule has 0 saturated carbocycles. The van der Waals surface area contributed by atoms with Gasteiger partial charge in [-0.05, 0) is 50.8 Å². The quantitative estimate of drug-likeness (QED) is 0.853. The van der Waals surface area contributed by atoms with Gasteiger partial charge in [-0.1, -0.05) is 25.1 Å². The Labute approximate surface area is 116 Å². The number of carboxylic acid groups (broad SMARTS) is 1. The summed E-state index contributed by atoms with van der Waals surface area (Å²) in [7, 11) is 0. The van der Waals surface area contributed by atoms with Gasteiger partial charge in [0.15, 0.2) is 0 Å². The molecule has 2 atom stereocenters. The smallest absolute Gasteiger partial charge is 0.317 e. The van der Waals surface area contributed by atoms with Crippen LogP contribution >= 0.6 is 0 Å². The van der Waals surface area contributed by atoms with E-state index < -0.39 is 5.97 Å². The number of aliphatic carboxylic acids is 1. The van der Waals surface area contributed by atoms with Gasteiger partial charge < -0.3 is 5.11 Å². The molecule has 0 amide bonds. The Morgan fingerprint density at radius 1 is 1.26 bits per heavy atom. The highest BCUT2D eigenvalue weighted by Gasteiger charge is 2.22. The van der Waals surface area contributed by atoms with Gasteiger partial charge in [0, 0.05) is 12.1 Å². The van der Waals surface area contributed by atoms with Crippen LogP contribution in [0.2, 0.25) is 0 Å². The summed E-state index contributed by atoms with van der Waals surface area (Å²) in [5.74, 6) is -0.768. The molecule has 0 heterocycles. The molecule has 2 unspecified atom stereocenters. The van der Waals surface area contributed by atoms with Crippen LogP contribution in [0.3, 0.4) is 0 Å². The topological polar surface area (TPSA) is 40.5 Å². The predicted octanol–water partition coefficient (Wildman–Crippen LogP) is 3.55. The highest BCUT2D eigenvalue weighted by Crippen LogP contribution is 2.25. The third-order valence-corrected chi connectivity index (χ3v) is 3.99. The normalized spacial score (nSPS) is 14.4. The van der Waals surface area contributed by atoms with Crippen LogP contribution in [0.15, 0.2) is 18.2 Å². The van der Waals surface area contributed by atoms with Crippen molar-refractivity contribution < 1.29 is 9.90 Å². The summed E-state index contributed by atoms with van der Waals surface area (Å²) in [5, 5.41) is 9.08. The lowest BCUT2D eigenvalue weighted by Crippen LogP contribution is -2.39. The Morgan fingerprint density at radius 2 is 1.89 bits per heavy atom. The van der Waals surface area contributed by atoms with Crippen molar-refractivity contribution in [3.05, 3.63) is 34.9 Å². The van der Waals surface area contributed by atoms with E-state index >= 15 is 0 Å². The Bertz CT molecular complexity index is 442. The molecule has 0 saturated heterocycles. The second-order valence-electron chi connectivity index (χ2n) is 5.34. The fourth-order valence-corrected chi connectivity index (χ4v) is 2.28. The van der Waals surface area contributed by atoms with Crippen LogP contribution in [0.5, 0.6) is 0 Å². The Kier molecular flexibility index (Phi) is 5.55. The van der Waals surface area contributed by atoms with Gasteiger partial charge in [-0.3, -0.25) is 9.69 Å². The molecule has 3 nitrogen and oxygen atoms in total. The third kappa shape index (κ3) is 4.06. The van der Waals surface area contributed by atoms with Crippen LogP contribution in [0.4, 0.5) is 0 Å². The summed E-state index contributed by atoms with van der Waals surface area (Å²) in [4.78, 5) is 13.1. The minimum Gasteiger partial charge on any atom is -0.480 e. The minimum atomic E-state index is -0.768. The lowest BCUT2D eigenvalue weighted by molar-refractivity contribution is -0.139. The van der Waals surface area contributed by atoms with Gasteiger partial charge in [0.25, 0.3) is 0 Å². The number of carbonyl (C=O) groups is 1. The molecule has 0 spiro atoms. The van der Waals surface area contributed by atoms with Crippen molar-refractivity contribution in [3.63, 3.8) is 0 Å². The van der Waals surface area contributed by atoms with Gasteiger partial charge >= 0.3 is 5.97 Å². The first-order chi connectivity index (χ1) is 8.86. The lowest BCUT2D eigenvalue weighted by atomic mass is 9.99. The first-order valence-electron chi connectivity index (χ1n) is 6.91. The SMILES string of the molecule is CCC(C)N(CC(=O)O)C(C)c1ccc(C)c(C)c1. The van der Waals surface area contributed by atoms with Gasteiger partial charge in [0.05, 0.1) is 6.54 Å². The molecular formula is C16H25NO2. The Morgan fingerprint density at radius 3 is 2.37 bits per heavy atom. The molecule has 0 radical (unpaired) electrons. The highest BCUT2D eigenvalue weighted by molar-refractivity contribution is 5.69. The van der Waals surface area contributed by atoms with Crippen molar-refractivity contribution in [1.29, 1.82) is 0 Å². The van der Waals surface area contributed by atoms with Crippen molar-refractivity contribution in [1.82, 2.24) is 4.90 Å². The maximum Gasteiger partial charge on any atom is 0.317 e. The summed E-state index contributed by atoms with van der Waals surface area (Å²) in [6.07, 6.45) is 0.947. The summed E-state index contributed by atoms with van der Waals surface area (Å²) in [6, 6.07) is 6.75. The van der Waals surface area contributed by atoms with Crippen molar-refractivity contribution in [2.75, 3.05) is 6.54 Å². The molecule has 3 heteroatoms. The van der Waals surface area contributed by atoms with Crippen LogP contribution < -0.4 is 0 Å². The first-order valence-corrected chi connectivity index (χ1v) is 6.91. The lowest BCUT2D eigenvalue weighted by Gasteiger charge is -2.33. The summed E-state index contributed by atoms with van der Waals surface area (Å²) in [6.45, 7) is 10.5. The van der Waals surface area contributed by atoms with Gasteiger partial charge in [-0.25, -0.2) is 0 Å². The molecule has 106 valence electrons. The van der Waals surface area contributed by atoms with E-state index in [4.69, 9.17) is 5.11 Å². The second-order valence-corrected chi connectivity index (χ2v) is 5.34. The molecule has 1 N–H and O–H groups in total. The zero-order valence-electron chi connectivity index (χ0n) is 12.6. The van der Waals surface area contributed by atoms with Crippen molar-refractivity contribution in [2.24, 2.45) is 0 Å². The van der Waals surface area contributed by atoms with Gasteiger partial charge in [0.1, 0.15) is 0 Å². The minimum absolute atomic E-state index is 0.0864. The molecule has 0 aliphatic heterocycles. The monoisotopic (exact) mass is 263 g/mol. The molecule has 1 rings (SSSR count). The van der Waals surface area contributed by atoms with Crippen molar-refractivity contribution in [3.8, 4) is 0 Å². The average Bonchev–Trinajstić information content (AvgIpc) is 2.37. The summed E-state index contributed by atoms with van der Waals surface area (Å²) in [5.41, 5.74) is 3.71. The zero-order chi connectivity index (χ0) is 14.6. The standard InChI is InChI=1S/C16H25NO2/c1-6-13(4)17(10-16(18)19)14(5)15-8-7-11(2)12(3)9-15/h7-9,13-14H,6,10H2,1-5H3,(H,18,19). The maximum absolute atomic E-state index is 11.0. The van der Waals surface area contributed by atoms with Crippen LogP contribution in [-0.2, 0) is 4.79 Å². The largest absolute Gasteiger partial charge is 0.480 e. The molecule has 0 aliphatic rings. The molecule has 0 aromatic heterocycles. The second kappa shape index (κ2) is 6.71. The molecule has 1 aromatic rings. The predicted molar refractivity (Wildman–Crippen MR) is 78.4 cm³/mol. The number of rotatable bonds is 6. The van der Waals surface area contributed by atoms with Gasteiger partial charge in [0.2, 0.25) is 0 Å². The summed E-state index contributed by atoms with van der Waals surface area (Å²) >= 11 is 0. The van der Waals surface area contributed by atoms with E-state index in [0.717, 1.165) is 6.42 Å². The number of hydrogen-bond acceptors (Lipinski definition) is 2. The van der Waals surface area contributed by atoms with E-state index in [-0.39, 0.29) is 18.6 Å². The van der Waals surface area contributed by atoms with Crippen molar-refractivity contribution >= 4 is 5.97 Å². The molecule has 0 bridgehead atoms. The van der Waals surface area contributed by atoms with Crippen LogP contribution in [-0.4, -0.2) is 28.6 Å². The van der Waals surface area contributed by atoms with E-state index in [1.807, 2.05) is 4.90 Å². The molecule has 0 aliphatic carbocycles. The van der Waals surface area contributed by atoms with E-state index in [2.05, 4.69) is 52.8 Å². The first kappa shape index (κ1) is 15.7. The van der Waals surface area contributed by atoms with E-state index in [1.54, 1.807) is 0 Å². The van der Waals surface area contributed by atoms with Gasteiger partial charge in [-0.2, -0.15) is 0 Å². The fraction of sp³-hybridized carbons (Fsp3) is 0.562. The number of benzene rings is 1. The summed E-state index contributed by atoms with van der Waals surface area (Å²) < 4.78 is 0. The van der Waals surface area contributed by atoms with E-state index in [1.165, 1.54) is 16.7 Å². The number of aryl methyl sites for hydroxylation is 2. The van der Waals surface area contributed by atoms with Crippen molar-refractivity contribution in [2.45, 2.75) is 53.1 Å². The number of hydrogen-bond donors (Lipinski definition) is 1. The fourth-order valence-electron chi connectivity index (χ4n) is 2.28. The zero-order valence-corrected chi connectivity index (χ0v) is 12.6. The van der Waals surface area contributed by atoms with Crippen LogP contribution in [0.25, 0.3) is 0 Å². The third-order valence-electron chi connectivity index (χ3n) is 3.99. The maximum atomic E-state index is 11.0. The number of carboxylic acids is 1. The van der Waals surface area contributed by atoms with Gasteiger partial charge in [-0.15, -0.1) is 0 Å². The van der Waals surface area contributed by atoms with E-state index in [0.29, 0.717) is 0 Å². The molecule has 1 aromatic carbocycles. The molecular weight excluding hydrogens is 238 g/mol. The Hall–Kier alpha value is -1.35. The number of nitrogens with zero attached hydrogens (tertiary/aromatic N) is 1. The van der Waals surface area contributed by atoms with E-state index in [9.17, 15) is 4.79 Å². The highest BCUT2D eigenvalue weighted by atomic mass is 16.4. The Balaban J connectivity index is 3.00.